The Bertz CT molecular complexity index is 304. The highest BCUT2D eigenvalue weighted by molar-refractivity contribution is 9.26. The smallest absolute Gasteiger partial charge is 0.167 e. The van der Waals surface area contributed by atoms with Gasteiger partial charge in [0, 0.05) is 24.7 Å². The highest BCUT2D eigenvalue weighted by Gasteiger charge is 2.25. The van der Waals surface area contributed by atoms with E-state index in [1.165, 1.54) is 62.9 Å². The van der Waals surface area contributed by atoms with Gasteiger partial charge in [0.25, 0.3) is 0 Å². The molecule has 0 radical (unpaired) electrons. The molecule has 0 aliphatic carbocycles. The van der Waals surface area contributed by atoms with E-state index in [1.54, 1.807) is 0 Å². The summed E-state index contributed by atoms with van der Waals surface area (Å²) >= 11 is 0. The van der Waals surface area contributed by atoms with Crippen LogP contribution in [0.2, 0.25) is 10.1 Å². The van der Waals surface area contributed by atoms with Gasteiger partial charge in [-0.25, -0.2) is 0 Å². The molecule has 28 heavy (non-hydrogen) atoms. The standard InChI is InChI=1S/C20H46O2S4Si2/c1-7-11-13-19(5,27-21-9-3)15-17-23-25-26-24-18-16-20(6,14-12-8-2)28-22-10-4/h7-18,27-28H2,1-6H3. The molecule has 170 valence electrons. The first-order valence-corrected chi connectivity index (χ1v) is 18.9. The molecule has 8 heteroatoms. The van der Waals surface area contributed by atoms with Gasteiger partial charge in [-0.05, 0) is 69.3 Å². The van der Waals surface area contributed by atoms with Gasteiger partial charge in [-0.15, -0.1) is 0 Å². The fourth-order valence-electron chi connectivity index (χ4n) is 3.13. The number of hydrogen-bond donors (Lipinski definition) is 0. The predicted octanol–water partition coefficient (Wildman–Crippen LogP) is 7.42. The van der Waals surface area contributed by atoms with Gasteiger partial charge in [-0.1, -0.05) is 75.0 Å². The van der Waals surface area contributed by atoms with Crippen LogP contribution in [0.4, 0.5) is 0 Å². The quantitative estimate of drug-likeness (QED) is 0.0916. The van der Waals surface area contributed by atoms with Crippen molar-refractivity contribution in [3.63, 3.8) is 0 Å². The number of rotatable bonds is 21. The Labute approximate surface area is 196 Å². The second-order valence-electron chi connectivity index (χ2n) is 8.38. The molecule has 0 aromatic heterocycles. The van der Waals surface area contributed by atoms with Crippen molar-refractivity contribution in [3.8, 4) is 0 Å². The summed E-state index contributed by atoms with van der Waals surface area (Å²) < 4.78 is 11.8. The minimum atomic E-state index is -0.412. The predicted molar refractivity (Wildman–Crippen MR) is 145 cm³/mol. The highest BCUT2D eigenvalue weighted by Crippen LogP contribution is 2.47. The summed E-state index contributed by atoms with van der Waals surface area (Å²) in [5.74, 6) is 2.51. The van der Waals surface area contributed by atoms with Gasteiger partial charge in [0.05, 0.1) is 0 Å². The molecule has 0 rings (SSSR count). The highest BCUT2D eigenvalue weighted by atomic mass is 33.7. The molecule has 0 N–H and O–H groups in total. The molecule has 0 saturated heterocycles. The van der Waals surface area contributed by atoms with Gasteiger partial charge in [-0.3, -0.25) is 0 Å². The van der Waals surface area contributed by atoms with Crippen LogP contribution in [0, 0.1) is 0 Å². The molecule has 0 aliphatic heterocycles. The van der Waals surface area contributed by atoms with Crippen LogP contribution in [-0.4, -0.2) is 44.2 Å². The zero-order chi connectivity index (χ0) is 21.1. The van der Waals surface area contributed by atoms with Crippen molar-refractivity contribution in [1.82, 2.24) is 0 Å². The average molecular weight is 503 g/mol. The lowest BCUT2D eigenvalue weighted by molar-refractivity contribution is 0.326. The number of hydrogen-bond acceptors (Lipinski definition) is 6. The molecule has 0 aliphatic rings. The first-order valence-electron chi connectivity index (χ1n) is 11.2. The molecule has 0 aromatic carbocycles. The number of unbranched alkanes of at least 4 members (excludes halogenated alkanes) is 2. The molecule has 0 saturated carbocycles. The average Bonchev–Trinajstić information content (AvgIpc) is 2.70. The maximum absolute atomic E-state index is 5.90. The van der Waals surface area contributed by atoms with E-state index in [0.717, 1.165) is 13.2 Å². The van der Waals surface area contributed by atoms with Crippen LogP contribution in [0.15, 0.2) is 0 Å². The van der Waals surface area contributed by atoms with Crippen LogP contribution in [0.25, 0.3) is 0 Å². The van der Waals surface area contributed by atoms with Gasteiger partial charge in [0.15, 0.2) is 19.5 Å². The Morgan fingerprint density at radius 1 is 0.643 bits per heavy atom. The molecule has 0 heterocycles. The van der Waals surface area contributed by atoms with Crippen molar-refractivity contribution < 1.29 is 8.85 Å². The summed E-state index contributed by atoms with van der Waals surface area (Å²) in [5.41, 5.74) is 0. The maximum atomic E-state index is 5.90. The molecular formula is C20H46O2S4Si2. The van der Waals surface area contributed by atoms with Gasteiger partial charge in [0.2, 0.25) is 0 Å². The Morgan fingerprint density at radius 2 is 1.04 bits per heavy atom. The fourth-order valence-corrected chi connectivity index (χ4v) is 13.0. The van der Waals surface area contributed by atoms with E-state index >= 15 is 0 Å². The molecule has 0 spiro atoms. The van der Waals surface area contributed by atoms with Crippen LogP contribution in [0.3, 0.4) is 0 Å². The largest absolute Gasteiger partial charge is 0.424 e. The normalized spacial score (nSPS) is 16.9. The minimum Gasteiger partial charge on any atom is -0.424 e. The second kappa shape index (κ2) is 19.4. The summed E-state index contributed by atoms with van der Waals surface area (Å²) in [7, 11) is 7.22. The minimum absolute atomic E-state index is 0.412. The summed E-state index contributed by atoms with van der Waals surface area (Å²) in [6, 6.07) is 0. The van der Waals surface area contributed by atoms with Gasteiger partial charge >= 0.3 is 0 Å². The summed E-state index contributed by atoms with van der Waals surface area (Å²) in [6.45, 7) is 15.6. The van der Waals surface area contributed by atoms with E-state index in [9.17, 15) is 0 Å². The van der Waals surface area contributed by atoms with Crippen molar-refractivity contribution in [3.05, 3.63) is 0 Å². The van der Waals surface area contributed by atoms with Crippen molar-refractivity contribution in [2.75, 3.05) is 24.7 Å². The summed E-state index contributed by atoms with van der Waals surface area (Å²) in [4.78, 5) is 0. The zero-order valence-corrected chi connectivity index (χ0v) is 25.4. The van der Waals surface area contributed by atoms with E-state index in [2.05, 4.69) is 41.5 Å². The molecule has 0 fully saturated rings. The molecule has 2 unspecified atom stereocenters. The molecule has 2 atom stereocenters. The van der Waals surface area contributed by atoms with Gasteiger partial charge in [-0.2, -0.15) is 0 Å². The Kier molecular flexibility index (Phi) is 20.7. The molecule has 0 amide bonds. The lowest BCUT2D eigenvalue weighted by atomic mass is 10.0. The van der Waals surface area contributed by atoms with Crippen molar-refractivity contribution in [2.24, 2.45) is 0 Å². The zero-order valence-electron chi connectivity index (χ0n) is 19.3. The maximum Gasteiger partial charge on any atom is 0.167 e. The summed E-state index contributed by atoms with van der Waals surface area (Å²) in [6.07, 6.45) is 10.6. The third-order valence-electron chi connectivity index (χ3n) is 5.28. The first kappa shape index (κ1) is 29.8. The van der Waals surface area contributed by atoms with E-state index in [4.69, 9.17) is 8.85 Å². The Hall–Kier alpha value is 1.75. The molecule has 2 nitrogen and oxygen atoms in total. The van der Waals surface area contributed by atoms with E-state index in [-0.39, 0.29) is 0 Å². The third-order valence-corrected chi connectivity index (χ3v) is 15.8. The SMILES string of the molecule is CCCCC(C)(CCSSSSCCC(C)(CCCC)[SiH2]OCC)[SiH2]OCC. The fraction of sp³-hybridized carbons (Fsp3) is 1.00. The van der Waals surface area contributed by atoms with Crippen LogP contribution in [0.1, 0.15) is 92.9 Å². The van der Waals surface area contributed by atoms with Crippen molar-refractivity contribution in [2.45, 2.75) is 103 Å². The van der Waals surface area contributed by atoms with Crippen LogP contribution < -0.4 is 0 Å². The lowest BCUT2D eigenvalue weighted by Crippen LogP contribution is -2.21. The van der Waals surface area contributed by atoms with Crippen molar-refractivity contribution in [1.29, 1.82) is 0 Å². The van der Waals surface area contributed by atoms with Gasteiger partial charge in [0.1, 0.15) is 0 Å². The molecule has 0 aromatic rings. The van der Waals surface area contributed by atoms with Crippen molar-refractivity contribution >= 4 is 60.8 Å². The van der Waals surface area contributed by atoms with Crippen LogP contribution >= 0.6 is 41.2 Å². The van der Waals surface area contributed by atoms with Gasteiger partial charge < -0.3 is 8.85 Å². The lowest BCUT2D eigenvalue weighted by Gasteiger charge is -2.28. The van der Waals surface area contributed by atoms with E-state index in [0.29, 0.717) is 10.1 Å². The Morgan fingerprint density at radius 3 is 1.36 bits per heavy atom. The molecule has 0 bridgehead atoms. The van der Waals surface area contributed by atoms with E-state index in [1.807, 2.05) is 41.2 Å². The van der Waals surface area contributed by atoms with Crippen LogP contribution in [-0.2, 0) is 8.85 Å². The Balaban J connectivity index is 3.95. The second-order valence-corrected chi connectivity index (χ2v) is 19.4. The molecular weight excluding hydrogens is 457 g/mol. The third kappa shape index (κ3) is 16.4. The first-order chi connectivity index (χ1) is 13.4. The van der Waals surface area contributed by atoms with E-state index < -0.39 is 19.5 Å². The topological polar surface area (TPSA) is 18.5 Å². The summed E-state index contributed by atoms with van der Waals surface area (Å²) in [5, 5.41) is 0.977. The monoisotopic (exact) mass is 502 g/mol. The van der Waals surface area contributed by atoms with Crippen LogP contribution in [0.5, 0.6) is 0 Å².